The average Bonchev–Trinajstić information content (AvgIpc) is 3.83. The van der Waals surface area contributed by atoms with Gasteiger partial charge in [0.1, 0.15) is 11.2 Å². The van der Waals surface area contributed by atoms with Crippen molar-refractivity contribution in [3.05, 3.63) is 193 Å². The van der Waals surface area contributed by atoms with Gasteiger partial charge in [-0.15, -0.1) is 0 Å². The highest BCUT2D eigenvalue weighted by molar-refractivity contribution is 6.18. The first-order valence-corrected chi connectivity index (χ1v) is 17.9. The van der Waals surface area contributed by atoms with E-state index in [2.05, 4.69) is 187 Å². The number of rotatable bonds is 4. The first-order valence-electron chi connectivity index (χ1n) is 17.9. The van der Waals surface area contributed by atoms with Crippen LogP contribution in [0.1, 0.15) is 23.6 Å². The molecule has 3 aromatic heterocycles. The van der Waals surface area contributed by atoms with E-state index in [1.807, 2.05) is 0 Å². The van der Waals surface area contributed by atoms with E-state index in [0.717, 1.165) is 66.6 Å². The summed E-state index contributed by atoms with van der Waals surface area (Å²) in [5.74, 6) is 0. The molecule has 1 aliphatic rings. The molecule has 7 aromatic carbocycles. The quantitative estimate of drug-likeness (QED) is 0.187. The van der Waals surface area contributed by atoms with Gasteiger partial charge in [0.25, 0.3) is 0 Å². The van der Waals surface area contributed by atoms with Gasteiger partial charge in [-0.3, -0.25) is 0 Å². The summed E-state index contributed by atoms with van der Waals surface area (Å²) in [6.07, 6.45) is 0. The van der Waals surface area contributed by atoms with Gasteiger partial charge in [0.2, 0.25) is 0 Å². The van der Waals surface area contributed by atoms with Crippen LogP contribution < -0.4 is 0 Å². The van der Waals surface area contributed by atoms with E-state index in [1.54, 1.807) is 0 Å². The Morgan fingerprint density at radius 1 is 0.500 bits per heavy atom. The van der Waals surface area contributed by atoms with Gasteiger partial charge in [0.05, 0.1) is 28.1 Å². The molecular formula is C49H32N2O. The highest BCUT2D eigenvalue weighted by Crippen LogP contribution is 2.55. The van der Waals surface area contributed by atoms with Crippen molar-refractivity contribution in [1.29, 1.82) is 0 Å². The lowest BCUT2D eigenvalue weighted by Crippen LogP contribution is -2.22. The standard InChI is InChI=1S/C49H32N2O/c1-49(33-19-9-4-10-20-33)41-23-13-11-21-35(41)37-25-26-38-40-29-45-39(30-46(40)52-48(38)47(37)49)36-22-12-14-24-44(36)51(45)34-27-42(31-15-5-2-6-16-31)50-43(28-34)32-17-7-3-8-18-32/h2-30H,1H3. The zero-order chi connectivity index (χ0) is 34.4. The summed E-state index contributed by atoms with van der Waals surface area (Å²) in [7, 11) is 0. The molecule has 0 fully saturated rings. The highest BCUT2D eigenvalue weighted by atomic mass is 16.3. The van der Waals surface area contributed by atoms with Crippen molar-refractivity contribution in [3.63, 3.8) is 0 Å². The van der Waals surface area contributed by atoms with Gasteiger partial charge in [-0.25, -0.2) is 4.98 Å². The predicted molar refractivity (Wildman–Crippen MR) is 214 cm³/mol. The Hall–Kier alpha value is -6.71. The maximum atomic E-state index is 7.05. The van der Waals surface area contributed by atoms with Crippen molar-refractivity contribution in [2.45, 2.75) is 12.3 Å². The average molecular weight is 665 g/mol. The largest absolute Gasteiger partial charge is 0.456 e. The first-order chi connectivity index (χ1) is 25.7. The Kier molecular flexibility index (Phi) is 6.09. The lowest BCUT2D eigenvalue weighted by molar-refractivity contribution is 0.640. The Morgan fingerprint density at radius 3 is 1.87 bits per heavy atom. The van der Waals surface area contributed by atoms with Gasteiger partial charge in [-0.2, -0.15) is 0 Å². The van der Waals surface area contributed by atoms with Crippen LogP contribution in [0.2, 0.25) is 0 Å². The van der Waals surface area contributed by atoms with Crippen LogP contribution in [0.5, 0.6) is 0 Å². The molecule has 52 heavy (non-hydrogen) atoms. The Balaban J connectivity index is 1.21. The molecule has 0 aliphatic heterocycles. The Morgan fingerprint density at radius 2 is 1.13 bits per heavy atom. The lowest BCUT2D eigenvalue weighted by Gasteiger charge is -2.28. The lowest BCUT2D eigenvalue weighted by atomic mass is 9.74. The number of aromatic nitrogens is 2. The molecule has 3 heterocycles. The van der Waals surface area contributed by atoms with Crippen molar-refractivity contribution in [1.82, 2.24) is 9.55 Å². The molecule has 1 atom stereocenters. The van der Waals surface area contributed by atoms with Crippen LogP contribution in [0.3, 0.4) is 0 Å². The topological polar surface area (TPSA) is 31.0 Å². The molecule has 11 rings (SSSR count). The Labute approximate surface area is 301 Å². The SMILES string of the molecule is CC1(c2ccccc2)c2ccccc2-c2ccc3c(oc4cc5c6ccccc6n(-c6cc(-c7ccccc7)nc(-c7ccccc7)c6)c5cc43)c21. The van der Waals surface area contributed by atoms with Gasteiger partial charge in [-0.1, -0.05) is 140 Å². The van der Waals surface area contributed by atoms with Gasteiger partial charge in [0, 0.05) is 43.7 Å². The van der Waals surface area contributed by atoms with Crippen molar-refractivity contribution in [2.75, 3.05) is 0 Å². The van der Waals surface area contributed by atoms with Gasteiger partial charge >= 0.3 is 0 Å². The molecule has 0 saturated heterocycles. The predicted octanol–water partition coefficient (Wildman–Crippen LogP) is 12.7. The molecule has 0 saturated carbocycles. The second-order valence-electron chi connectivity index (χ2n) is 14.0. The molecule has 3 nitrogen and oxygen atoms in total. The highest BCUT2D eigenvalue weighted by Gasteiger charge is 2.43. The number of pyridine rings is 1. The van der Waals surface area contributed by atoms with Crippen molar-refractivity contribution >= 4 is 43.7 Å². The second kappa shape index (κ2) is 10.9. The number of furan rings is 1. The molecule has 0 N–H and O–H groups in total. The third-order valence-corrected chi connectivity index (χ3v) is 11.2. The fourth-order valence-corrected chi connectivity index (χ4v) is 8.82. The fourth-order valence-electron chi connectivity index (χ4n) is 8.82. The Bertz CT molecular complexity index is 2950. The monoisotopic (exact) mass is 664 g/mol. The minimum atomic E-state index is -0.360. The van der Waals surface area contributed by atoms with E-state index in [0.29, 0.717) is 0 Å². The van der Waals surface area contributed by atoms with Gasteiger partial charge in [-0.05, 0) is 65.6 Å². The number of hydrogen-bond acceptors (Lipinski definition) is 2. The first kappa shape index (κ1) is 29.1. The molecule has 244 valence electrons. The normalized spacial score (nSPS) is 15.1. The molecule has 0 amide bonds. The second-order valence-corrected chi connectivity index (χ2v) is 14.0. The molecule has 0 bridgehead atoms. The minimum Gasteiger partial charge on any atom is -0.456 e. The number of hydrogen-bond donors (Lipinski definition) is 0. The smallest absolute Gasteiger partial charge is 0.140 e. The fraction of sp³-hybridized carbons (Fsp3) is 0.0408. The minimum absolute atomic E-state index is 0.360. The maximum absolute atomic E-state index is 7.05. The summed E-state index contributed by atoms with van der Waals surface area (Å²) in [6.45, 7) is 2.36. The number of fused-ring (bicyclic) bond motifs is 10. The summed E-state index contributed by atoms with van der Waals surface area (Å²) in [6, 6.07) is 62.9. The van der Waals surface area contributed by atoms with Crippen LogP contribution >= 0.6 is 0 Å². The van der Waals surface area contributed by atoms with Crippen LogP contribution in [0, 0.1) is 0 Å². The molecule has 10 aromatic rings. The summed E-state index contributed by atoms with van der Waals surface area (Å²) in [4.78, 5) is 5.19. The van der Waals surface area contributed by atoms with Crippen molar-refractivity contribution < 1.29 is 4.42 Å². The molecule has 3 heteroatoms. The van der Waals surface area contributed by atoms with Crippen LogP contribution in [-0.4, -0.2) is 9.55 Å². The third-order valence-electron chi connectivity index (χ3n) is 11.2. The van der Waals surface area contributed by atoms with Gasteiger partial charge in [0.15, 0.2) is 0 Å². The summed E-state index contributed by atoms with van der Waals surface area (Å²) < 4.78 is 9.45. The van der Waals surface area contributed by atoms with Crippen LogP contribution in [0.15, 0.2) is 180 Å². The zero-order valence-electron chi connectivity index (χ0n) is 28.5. The van der Waals surface area contributed by atoms with E-state index in [4.69, 9.17) is 9.40 Å². The molecule has 1 aliphatic carbocycles. The van der Waals surface area contributed by atoms with E-state index >= 15 is 0 Å². The van der Waals surface area contributed by atoms with E-state index < -0.39 is 0 Å². The molecule has 0 spiro atoms. The molecule has 1 unspecified atom stereocenters. The van der Waals surface area contributed by atoms with Crippen LogP contribution in [-0.2, 0) is 5.41 Å². The van der Waals surface area contributed by atoms with E-state index in [9.17, 15) is 0 Å². The van der Waals surface area contributed by atoms with E-state index in [-0.39, 0.29) is 5.41 Å². The van der Waals surface area contributed by atoms with Crippen molar-refractivity contribution in [2.24, 2.45) is 0 Å². The van der Waals surface area contributed by atoms with E-state index in [1.165, 1.54) is 33.2 Å². The number of nitrogens with zero attached hydrogens (tertiary/aromatic N) is 2. The number of para-hydroxylation sites is 1. The van der Waals surface area contributed by atoms with Crippen LogP contribution in [0.25, 0.3) is 83.1 Å². The summed E-state index contributed by atoms with van der Waals surface area (Å²) in [5, 5.41) is 4.59. The summed E-state index contributed by atoms with van der Waals surface area (Å²) >= 11 is 0. The maximum Gasteiger partial charge on any atom is 0.140 e. The third kappa shape index (κ3) is 4.05. The summed E-state index contributed by atoms with van der Waals surface area (Å²) in [5.41, 5.74) is 15.2. The molecular weight excluding hydrogens is 633 g/mol. The number of benzene rings is 7. The van der Waals surface area contributed by atoms with Gasteiger partial charge < -0.3 is 8.98 Å². The van der Waals surface area contributed by atoms with Crippen molar-refractivity contribution in [3.8, 4) is 39.3 Å². The molecule has 0 radical (unpaired) electrons. The zero-order valence-corrected chi connectivity index (χ0v) is 28.5. The van der Waals surface area contributed by atoms with Crippen LogP contribution in [0.4, 0.5) is 0 Å².